The van der Waals surface area contributed by atoms with E-state index in [9.17, 15) is 19.2 Å². The average Bonchev–Trinajstić information content (AvgIpc) is 3.48. The van der Waals surface area contributed by atoms with Crippen molar-refractivity contribution >= 4 is 29.2 Å². The molecule has 2 saturated heterocycles. The number of amides is 4. The maximum Gasteiger partial charge on any atom is 0.261 e. The van der Waals surface area contributed by atoms with E-state index in [1.807, 2.05) is 23.1 Å². The van der Waals surface area contributed by atoms with E-state index in [1.165, 1.54) is 6.08 Å². The first-order chi connectivity index (χ1) is 14.1. The Bertz CT molecular complexity index is 858. The monoisotopic (exact) mass is 395 g/mol. The van der Waals surface area contributed by atoms with Gasteiger partial charge in [-0.15, -0.1) is 0 Å². The lowest BCUT2D eigenvalue weighted by Crippen LogP contribution is -2.47. The lowest BCUT2D eigenvalue weighted by atomic mass is 10.1. The van der Waals surface area contributed by atoms with Gasteiger partial charge in [0, 0.05) is 38.7 Å². The second kappa shape index (κ2) is 8.19. The van der Waals surface area contributed by atoms with Crippen molar-refractivity contribution in [2.45, 2.75) is 38.1 Å². The third-order valence-corrected chi connectivity index (χ3v) is 5.92. The number of benzene rings is 1. The van der Waals surface area contributed by atoms with Crippen LogP contribution in [0.25, 0.3) is 5.57 Å². The van der Waals surface area contributed by atoms with Crippen molar-refractivity contribution in [2.24, 2.45) is 0 Å². The maximum absolute atomic E-state index is 12.8. The molecule has 0 saturated carbocycles. The van der Waals surface area contributed by atoms with Crippen LogP contribution >= 0.6 is 0 Å². The molecule has 1 aromatic rings. The SMILES string of the molecule is O=C([C@@H]1CCCN1C(=O)CCN1C(=O)C=C(c2ccccc2)C1=O)N1CCCC1. The molecule has 2 fully saturated rings. The molecule has 29 heavy (non-hydrogen) atoms. The first kappa shape index (κ1) is 19.4. The van der Waals surface area contributed by atoms with E-state index >= 15 is 0 Å². The summed E-state index contributed by atoms with van der Waals surface area (Å²) in [5.74, 6) is -0.906. The largest absolute Gasteiger partial charge is 0.341 e. The normalized spacial score (nSPS) is 21.9. The van der Waals surface area contributed by atoms with Crippen LogP contribution in [0.2, 0.25) is 0 Å². The summed E-state index contributed by atoms with van der Waals surface area (Å²) < 4.78 is 0. The third-order valence-electron chi connectivity index (χ3n) is 5.92. The molecule has 4 amide bonds. The van der Waals surface area contributed by atoms with Crippen LogP contribution in [-0.4, -0.2) is 70.5 Å². The quantitative estimate of drug-likeness (QED) is 0.707. The summed E-state index contributed by atoms with van der Waals surface area (Å²) in [4.78, 5) is 55.1. The van der Waals surface area contributed by atoms with Gasteiger partial charge in [-0.3, -0.25) is 24.1 Å². The van der Waals surface area contributed by atoms with Gasteiger partial charge < -0.3 is 9.80 Å². The fraction of sp³-hybridized carbons (Fsp3) is 0.455. The minimum Gasteiger partial charge on any atom is -0.341 e. The molecule has 7 nitrogen and oxygen atoms in total. The van der Waals surface area contributed by atoms with Gasteiger partial charge in [0.1, 0.15) is 6.04 Å². The summed E-state index contributed by atoms with van der Waals surface area (Å²) >= 11 is 0. The van der Waals surface area contributed by atoms with Gasteiger partial charge in [-0.25, -0.2) is 0 Å². The van der Waals surface area contributed by atoms with Crippen molar-refractivity contribution in [1.82, 2.24) is 14.7 Å². The summed E-state index contributed by atoms with van der Waals surface area (Å²) in [6.45, 7) is 2.12. The highest BCUT2D eigenvalue weighted by atomic mass is 16.2. The first-order valence-electron chi connectivity index (χ1n) is 10.3. The van der Waals surface area contributed by atoms with Crippen LogP contribution in [0.4, 0.5) is 0 Å². The van der Waals surface area contributed by atoms with Crippen LogP contribution in [0.3, 0.4) is 0 Å². The zero-order valence-electron chi connectivity index (χ0n) is 16.4. The van der Waals surface area contributed by atoms with Gasteiger partial charge in [-0.05, 0) is 31.2 Å². The molecule has 0 spiro atoms. The fourth-order valence-electron chi connectivity index (χ4n) is 4.37. The highest BCUT2D eigenvalue weighted by molar-refractivity contribution is 6.33. The molecular weight excluding hydrogens is 370 g/mol. The molecule has 0 unspecified atom stereocenters. The molecule has 152 valence electrons. The molecule has 0 aliphatic carbocycles. The van der Waals surface area contributed by atoms with E-state index in [2.05, 4.69) is 0 Å². The smallest absolute Gasteiger partial charge is 0.261 e. The predicted molar refractivity (Wildman–Crippen MR) is 106 cm³/mol. The van der Waals surface area contributed by atoms with Crippen molar-refractivity contribution in [3.05, 3.63) is 42.0 Å². The second-order valence-corrected chi connectivity index (χ2v) is 7.75. The summed E-state index contributed by atoms with van der Waals surface area (Å²) in [6, 6.07) is 8.63. The van der Waals surface area contributed by atoms with Gasteiger partial charge in [0.2, 0.25) is 11.8 Å². The topological polar surface area (TPSA) is 78.0 Å². The lowest BCUT2D eigenvalue weighted by molar-refractivity contribution is -0.144. The summed E-state index contributed by atoms with van der Waals surface area (Å²) in [6.07, 6.45) is 4.89. The molecular formula is C22H25N3O4. The van der Waals surface area contributed by atoms with E-state index in [4.69, 9.17) is 0 Å². The number of hydrogen-bond donors (Lipinski definition) is 0. The Morgan fingerprint density at radius 1 is 0.966 bits per heavy atom. The minimum absolute atomic E-state index is 0.0322. The number of likely N-dealkylation sites (tertiary alicyclic amines) is 2. The van der Waals surface area contributed by atoms with Gasteiger partial charge in [-0.2, -0.15) is 0 Å². The van der Waals surface area contributed by atoms with Crippen molar-refractivity contribution in [3.63, 3.8) is 0 Å². The van der Waals surface area contributed by atoms with Crippen molar-refractivity contribution < 1.29 is 19.2 Å². The molecule has 0 aromatic heterocycles. The van der Waals surface area contributed by atoms with Crippen LogP contribution in [0.15, 0.2) is 36.4 Å². The van der Waals surface area contributed by atoms with Crippen LogP contribution in [0, 0.1) is 0 Å². The minimum atomic E-state index is -0.399. The van der Waals surface area contributed by atoms with Crippen LogP contribution < -0.4 is 0 Å². The Kier molecular flexibility index (Phi) is 5.47. The Hall–Kier alpha value is -2.96. The van der Waals surface area contributed by atoms with E-state index in [-0.39, 0.29) is 30.7 Å². The zero-order chi connectivity index (χ0) is 20.4. The van der Waals surface area contributed by atoms with Gasteiger partial charge >= 0.3 is 0 Å². The fourth-order valence-corrected chi connectivity index (χ4v) is 4.37. The molecule has 0 N–H and O–H groups in total. The molecule has 7 heteroatoms. The van der Waals surface area contributed by atoms with Crippen molar-refractivity contribution in [3.8, 4) is 0 Å². The molecule has 1 aromatic carbocycles. The average molecular weight is 395 g/mol. The van der Waals surface area contributed by atoms with Crippen LogP contribution in [-0.2, 0) is 19.2 Å². The Balaban J connectivity index is 1.36. The third kappa shape index (κ3) is 3.81. The van der Waals surface area contributed by atoms with Crippen molar-refractivity contribution in [2.75, 3.05) is 26.2 Å². The molecule has 0 bridgehead atoms. The van der Waals surface area contributed by atoms with Gasteiger partial charge in [0.25, 0.3) is 11.8 Å². The van der Waals surface area contributed by atoms with Gasteiger partial charge in [0.05, 0.1) is 5.57 Å². The molecule has 1 atom stereocenters. The molecule has 3 aliphatic rings. The van der Waals surface area contributed by atoms with Crippen molar-refractivity contribution in [1.29, 1.82) is 0 Å². The summed E-state index contributed by atoms with van der Waals surface area (Å²) in [7, 11) is 0. The highest BCUT2D eigenvalue weighted by Gasteiger charge is 2.38. The highest BCUT2D eigenvalue weighted by Crippen LogP contribution is 2.25. The van der Waals surface area contributed by atoms with E-state index in [0.717, 1.165) is 37.3 Å². The number of carbonyl (C=O) groups excluding carboxylic acids is 4. The molecule has 3 heterocycles. The van der Waals surface area contributed by atoms with Gasteiger partial charge in [-0.1, -0.05) is 30.3 Å². The number of imide groups is 1. The Labute approximate surface area is 169 Å². The molecule has 4 rings (SSSR count). The summed E-state index contributed by atoms with van der Waals surface area (Å²) in [5, 5.41) is 0. The van der Waals surface area contributed by atoms with E-state index in [0.29, 0.717) is 24.1 Å². The van der Waals surface area contributed by atoms with E-state index < -0.39 is 11.9 Å². The number of nitrogens with zero attached hydrogens (tertiary/aromatic N) is 3. The Morgan fingerprint density at radius 3 is 2.41 bits per heavy atom. The molecule has 0 radical (unpaired) electrons. The maximum atomic E-state index is 12.8. The predicted octanol–water partition coefficient (Wildman–Crippen LogP) is 1.44. The van der Waals surface area contributed by atoms with Crippen LogP contribution in [0.1, 0.15) is 37.7 Å². The second-order valence-electron chi connectivity index (χ2n) is 7.75. The molecule has 3 aliphatic heterocycles. The number of rotatable bonds is 5. The number of carbonyl (C=O) groups is 4. The van der Waals surface area contributed by atoms with Crippen LogP contribution in [0.5, 0.6) is 0 Å². The first-order valence-corrected chi connectivity index (χ1v) is 10.3. The lowest BCUT2D eigenvalue weighted by Gasteiger charge is -2.28. The standard InChI is InChI=1S/C22H25N3O4/c26-19(24-13-6-9-18(24)22(29)23-11-4-5-12-23)10-14-25-20(27)15-17(21(25)28)16-7-2-1-3-8-16/h1-3,7-8,15,18H,4-6,9-14H2/t18-/m0/s1. The number of hydrogen-bond acceptors (Lipinski definition) is 4. The Morgan fingerprint density at radius 2 is 1.69 bits per heavy atom. The zero-order valence-corrected chi connectivity index (χ0v) is 16.4. The van der Waals surface area contributed by atoms with E-state index in [1.54, 1.807) is 17.0 Å². The summed E-state index contributed by atoms with van der Waals surface area (Å²) in [5.41, 5.74) is 1.04. The van der Waals surface area contributed by atoms with Gasteiger partial charge in [0.15, 0.2) is 0 Å².